The van der Waals surface area contributed by atoms with Gasteiger partial charge in [0.05, 0.1) is 0 Å². The van der Waals surface area contributed by atoms with Crippen molar-refractivity contribution in [2.45, 2.75) is 58.2 Å². The van der Waals surface area contributed by atoms with Crippen molar-refractivity contribution in [3.05, 3.63) is 0 Å². The summed E-state index contributed by atoms with van der Waals surface area (Å²) in [7, 11) is 0. The Morgan fingerprint density at radius 3 is 2.48 bits per heavy atom. The number of amides is 2. The molecule has 0 radical (unpaired) electrons. The first-order valence-corrected chi connectivity index (χ1v) is 7.70. The van der Waals surface area contributed by atoms with Gasteiger partial charge in [0, 0.05) is 19.2 Å². The predicted octanol–water partition coefficient (Wildman–Crippen LogP) is 0.754. The van der Waals surface area contributed by atoms with Crippen LogP contribution in [-0.4, -0.2) is 52.7 Å². The van der Waals surface area contributed by atoms with Crippen LogP contribution < -0.4 is 5.32 Å². The minimum atomic E-state index is -0.714. The van der Waals surface area contributed by atoms with Gasteiger partial charge in [0.15, 0.2) is 0 Å². The summed E-state index contributed by atoms with van der Waals surface area (Å²) < 4.78 is 5.36. The molecule has 2 atom stereocenters. The van der Waals surface area contributed by atoms with E-state index in [9.17, 15) is 14.4 Å². The highest BCUT2D eigenvalue weighted by atomic mass is 32.1. The van der Waals surface area contributed by atoms with Crippen LogP contribution in [0.15, 0.2) is 0 Å². The smallest absolute Gasteiger partial charge is 0.329 e. The van der Waals surface area contributed by atoms with Crippen molar-refractivity contribution in [3.63, 3.8) is 0 Å². The van der Waals surface area contributed by atoms with E-state index < -0.39 is 23.7 Å². The molecule has 0 bridgehead atoms. The molecule has 0 spiro atoms. The molecule has 7 heteroatoms. The van der Waals surface area contributed by atoms with E-state index in [0.29, 0.717) is 13.0 Å². The molecule has 1 aliphatic heterocycles. The van der Waals surface area contributed by atoms with Gasteiger partial charge in [-0.05, 0) is 33.6 Å². The van der Waals surface area contributed by atoms with Crippen molar-refractivity contribution >= 4 is 30.4 Å². The number of nitrogens with zero attached hydrogens (tertiary/aromatic N) is 1. The lowest BCUT2D eigenvalue weighted by atomic mass is 10.1. The Balaban J connectivity index is 2.78. The van der Waals surface area contributed by atoms with E-state index in [0.717, 1.165) is 6.42 Å². The molecule has 0 aliphatic carbocycles. The Hall–Kier alpha value is -1.24. The maximum atomic E-state index is 12.4. The third-order valence-electron chi connectivity index (χ3n) is 3.07. The van der Waals surface area contributed by atoms with Crippen LogP contribution in [0.1, 0.15) is 40.5 Å². The van der Waals surface area contributed by atoms with Crippen LogP contribution in [0.4, 0.5) is 0 Å². The molecule has 2 amide bonds. The van der Waals surface area contributed by atoms with Crippen molar-refractivity contribution in [1.82, 2.24) is 10.2 Å². The van der Waals surface area contributed by atoms with E-state index in [1.165, 1.54) is 11.8 Å². The van der Waals surface area contributed by atoms with Gasteiger partial charge in [-0.3, -0.25) is 9.59 Å². The number of carbonyl (C=O) groups is 3. The van der Waals surface area contributed by atoms with Crippen LogP contribution in [0.5, 0.6) is 0 Å². The summed E-state index contributed by atoms with van der Waals surface area (Å²) in [6.07, 6.45) is 1.33. The molecule has 120 valence electrons. The second-order valence-electron chi connectivity index (χ2n) is 6.16. The number of likely N-dealkylation sites (tertiary alicyclic amines) is 1. The fraction of sp³-hybridized carbons (Fsp3) is 0.786. The molecule has 1 saturated heterocycles. The largest absolute Gasteiger partial charge is 0.458 e. The Bertz CT molecular complexity index is 420. The predicted molar refractivity (Wildman–Crippen MR) is 82.0 cm³/mol. The standard InChI is InChI=1S/C14H24N2O4S/c1-9(17)15-10(8-21)12(18)16-7-5-6-11(16)13(19)20-14(2,3)4/h10-11,21H,5-8H2,1-4H3,(H,15,17)/t10-,11-/m0/s1. The normalized spacial score (nSPS) is 20.0. The average molecular weight is 316 g/mol. The molecular weight excluding hydrogens is 292 g/mol. The van der Waals surface area contributed by atoms with Gasteiger partial charge < -0.3 is 15.0 Å². The first kappa shape index (κ1) is 17.8. The molecule has 0 aromatic heterocycles. The van der Waals surface area contributed by atoms with Gasteiger partial charge in [-0.2, -0.15) is 12.6 Å². The van der Waals surface area contributed by atoms with Crippen LogP contribution in [0.2, 0.25) is 0 Å². The van der Waals surface area contributed by atoms with Gasteiger partial charge in [0.25, 0.3) is 0 Å². The highest BCUT2D eigenvalue weighted by Gasteiger charge is 2.39. The Morgan fingerprint density at radius 1 is 1.38 bits per heavy atom. The molecule has 21 heavy (non-hydrogen) atoms. The zero-order valence-corrected chi connectivity index (χ0v) is 13.9. The molecule has 1 aliphatic rings. The lowest BCUT2D eigenvalue weighted by molar-refractivity contribution is -0.163. The van der Waals surface area contributed by atoms with Crippen molar-refractivity contribution in [1.29, 1.82) is 0 Å². The Kier molecular flexibility index (Phi) is 6.07. The molecule has 0 unspecified atom stereocenters. The number of nitrogens with one attached hydrogen (secondary N) is 1. The van der Waals surface area contributed by atoms with E-state index in [2.05, 4.69) is 17.9 Å². The highest BCUT2D eigenvalue weighted by Crippen LogP contribution is 2.22. The molecular formula is C14H24N2O4S. The SMILES string of the molecule is CC(=O)N[C@@H](CS)C(=O)N1CCC[C@H]1C(=O)OC(C)(C)C. The van der Waals surface area contributed by atoms with Crippen LogP contribution >= 0.6 is 12.6 Å². The van der Waals surface area contributed by atoms with Gasteiger partial charge in [0.2, 0.25) is 11.8 Å². The molecule has 0 aromatic carbocycles. The van der Waals surface area contributed by atoms with E-state index in [1.54, 1.807) is 20.8 Å². The molecule has 0 aromatic rings. The molecule has 0 saturated carbocycles. The zero-order valence-electron chi connectivity index (χ0n) is 13.0. The fourth-order valence-corrected chi connectivity index (χ4v) is 2.52. The summed E-state index contributed by atoms with van der Waals surface area (Å²) in [6.45, 7) is 7.21. The lowest BCUT2D eigenvalue weighted by Crippen LogP contribution is -2.53. The van der Waals surface area contributed by atoms with Crippen molar-refractivity contribution in [3.8, 4) is 0 Å². The van der Waals surface area contributed by atoms with Crippen LogP contribution in [0.3, 0.4) is 0 Å². The number of carbonyl (C=O) groups excluding carboxylic acids is 3. The third-order valence-corrected chi connectivity index (χ3v) is 3.44. The summed E-state index contributed by atoms with van der Waals surface area (Å²) in [5, 5.41) is 2.56. The summed E-state index contributed by atoms with van der Waals surface area (Å²) in [5.74, 6) is -0.784. The highest BCUT2D eigenvalue weighted by molar-refractivity contribution is 7.80. The maximum Gasteiger partial charge on any atom is 0.329 e. The summed E-state index contributed by atoms with van der Waals surface area (Å²) in [6, 6.07) is -1.29. The molecule has 1 fully saturated rings. The molecule has 6 nitrogen and oxygen atoms in total. The number of ether oxygens (including phenoxy) is 1. The summed E-state index contributed by atoms with van der Waals surface area (Å²) in [4.78, 5) is 37.3. The van der Waals surface area contributed by atoms with Crippen LogP contribution in [-0.2, 0) is 19.1 Å². The van der Waals surface area contributed by atoms with Crippen molar-refractivity contribution in [2.24, 2.45) is 0 Å². The number of esters is 1. The monoisotopic (exact) mass is 316 g/mol. The van der Waals surface area contributed by atoms with Crippen LogP contribution in [0, 0.1) is 0 Å². The molecule has 1 heterocycles. The summed E-state index contributed by atoms with van der Waals surface area (Å²) >= 11 is 4.09. The van der Waals surface area contributed by atoms with Crippen molar-refractivity contribution < 1.29 is 19.1 Å². The zero-order chi connectivity index (χ0) is 16.2. The van der Waals surface area contributed by atoms with Gasteiger partial charge in [-0.15, -0.1) is 0 Å². The van der Waals surface area contributed by atoms with Gasteiger partial charge in [-0.25, -0.2) is 4.79 Å². The fourth-order valence-electron chi connectivity index (χ4n) is 2.28. The molecule has 1 rings (SSSR count). The third kappa shape index (κ3) is 5.22. The van der Waals surface area contributed by atoms with Gasteiger partial charge in [0.1, 0.15) is 17.7 Å². The second kappa shape index (κ2) is 7.15. The Morgan fingerprint density at radius 2 is 2.00 bits per heavy atom. The second-order valence-corrected chi connectivity index (χ2v) is 6.52. The molecule has 1 N–H and O–H groups in total. The van der Waals surface area contributed by atoms with Gasteiger partial charge in [-0.1, -0.05) is 0 Å². The van der Waals surface area contributed by atoms with E-state index in [-0.39, 0.29) is 17.6 Å². The number of hydrogen-bond donors (Lipinski definition) is 2. The number of thiol groups is 1. The number of hydrogen-bond acceptors (Lipinski definition) is 5. The first-order valence-electron chi connectivity index (χ1n) is 7.07. The lowest BCUT2D eigenvalue weighted by Gasteiger charge is -2.29. The topological polar surface area (TPSA) is 75.7 Å². The van der Waals surface area contributed by atoms with Gasteiger partial charge >= 0.3 is 5.97 Å². The maximum absolute atomic E-state index is 12.4. The van der Waals surface area contributed by atoms with Crippen LogP contribution in [0.25, 0.3) is 0 Å². The van der Waals surface area contributed by atoms with E-state index in [4.69, 9.17) is 4.74 Å². The minimum absolute atomic E-state index is 0.190. The summed E-state index contributed by atoms with van der Waals surface area (Å²) in [5.41, 5.74) is -0.588. The number of rotatable bonds is 4. The average Bonchev–Trinajstić information content (AvgIpc) is 2.81. The quantitative estimate of drug-likeness (QED) is 0.593. The van der Waals surface area contributed by atoms with E-state index >= 15 is 0 Å². The van der Waals surface area contributed by atoms with Crippen molar-refractivity contribution in [2.75, 3.05) is 12.3 Å². The first-order chi connectivity index (χ1) is 9.65. The van der Waals surface area contributed by atoms with E-state index in [1.807, 2.05) is 0 Å². The Labute approximate surface area is 131 Å². The minimum Gasteiger partial charge on any atom is -0.458 e.